The van der Waals surface area contributed by atoms with E-state index in [1.807, 2.05) is 0 Å². The third kappa shape index (κ3) is 0.918. The number of fused-ring (bicyclic) bond motifs is 1. The molecule has 1 saturated heterocycles. The Labute approximate surface area is 81.3 Å². The maximum atomic E-state index is 3.44. The average Bonchev–Trinajstić information content (AvgIpc) is 2.88. The molecule has 1 heteroatoms. The van der Waals surface area contributed by atoms with Crippen molar-refractivity contribution in [2.75, 3.05) is 6.54 Å². The molecule has 1 unspecified atom stereocenters. The van der Waals surface area contributed by atoms with E-state index in [-0.39, 0.29) is 0 Å². The lowest BCUT2D eigenvalue weighted by molar-refractivity contribution is -0.200. The Bertz CT molecular complexity index is 221. The maximum Gasteiger partial charge on any atom is 0.0195 e. The summed E-state index contributed by atoms with van der Waals surface area (Å²) in [6.45, 7) is 6.31. The van der Waals surface area contributed by atoms with Crippen LogP contribution in [-0.2, 0) is 0 Å². The highest BCUT2D eigenvalue weighted by Gasteiger charge is 2.64. The van der Waals surface area contributed by atoms with Crippen LogP contribution in [0.15, 0.2) is 0 Å². The second-order valence-corrected chi connectivity index (χ2v) is 5.96. The molecule has 1 N–H and O–H groups in total. The fraction of sp³-hybridized carbons (Fsp3) is 1.00. The lowest BCUT2D eigenvalue weighted by Gasteiger charge is -2.70. The third-order valence-corrected chi connectivity index (χ3v) is 5.52. The molecule has 0 aromatic heterocycles. The Balaban J connectivity index is 1.69. The second kappa shape index (κ2) is 2.31. The second-order valence-electron chi connectivity index (χ2n) is 5.96. The summed E-state index contributed by atoms with van der Waals surface area (Å²) < 4.78 is 0. The van der Waals surface area contributed by atoms with Crippen LogP contribution in [0.3, 0.4) is 0 Å². The average molecular weight is 179 g/mol. The summed E-state index contributed by atoms with van der Waals surface area (Å²) in [5.74, 6) is 0.972. The highest BCUT2D eigenvalue weighted by atomic mass is 15.1. The number of hydrogen-bond acceptors (Lipinski definition) is 1. The maximum absolute atomic E-state index is 3.44. The van der Waals surface area contributed by atoms with Crippen molar-refractivity contribution in [1.82, 2.24) is 5.32 Å². The van der Waals surface area contributed by atoms with Crippen LogP contribution in [0.2, 0.25) is 0 Å². The molecule has 1 aliphatic heterocycles. The summed E-state index contributed by atoms with van der Waals surface area (Å²) in [4.78, 5) is 0. The SMILES string of the molecule is C[C@H](CC1CN1)C12CCC1(C)CC2. The van der Waals surface area contributed by atoms with Gasteiger partial charge in [-0.3, -0.25) is 0 Å². The Morgan fingerprint density at radius 2 is 1.92 bits per heavy atom. The quantitative estimate of drug-likeness (QED) is 0.661. The van der Waals surface area contributed by atoms with E-state index in [2.05, 4.69) is 19.2 Å². The topological polar surface area (TPSA) is 21.9 Å². The first-order valence-corrected chi connectivity index (χ1v) is 5.90. The predicted molar refractivity (Wildman–Crippen MR) is 54.6 cm³/mol. The molecule has 2 atom stereocenters. The van der Waals surface area contributed by atoms with Gasteiger partial charge in [-0.15, -0.1) is 0 Å². The van der Waals surface area contributed by atoms with Crippen molar-refractivity contribution in [3.63, 3.8) is 0 Å². The normalized spacial score (nSPS) is 54.5. The zero-order valence-electron chi connectivity index (χ0n) is 8.90. The molecule has 2 saturated carbocycles. The molecular weight excluding hydrogens is 158 g/mol. The van der Waals surface area contributed by atoms with E-state index in [1.165, 1.54) is 38.6 Å². The van der Waals surface area contributed by atoms with Crippen LogP contribution < -0.4 is 5.32 Å². The first-order valence-electron chi connectivity index (χ1n) is 5.90. The van der Waals surface area contributed by atoms with E-state index < -0.39 is 0 Å². The molecule has 1 nitrogen and oxygen atoms in total. The molecular formula is C12H21N. The fourth-order valence-electron chi connectivity index (χ4n) is 3.99. The lowest BCUT2D eigenvalue weighted by Crippen LogP contribution is -2.61. The molecule has 3 fully saturated rings. The largest absolute Gasteiger partial charge is 0.311 e. The number of rotatable bonds is 3. The molecule has 2 aliphatic carbocycles. The van der Waals surface area contributed by atoms with Gasteiger partial charge in [-0.05, 0) is 48.9 Å². The van der Waals surface area contributed by atoms with Crippen molar-refractivity contribution in [1.29, 1.82) is 0 Å². The van der Waals surface area contributed by atoms with Crippen LogP contribution in [0.1, 0.15) is 46.0 Å². The van der Waals surface area contributed by atoms with E-state index in [1.54, 1.807) is 0 Å². The summed E-state index contributed by atoms with van der Waals surface area (Å²) in [6, 6.07) is 0.884. The standard InChI is InChI=1S/C12H21N/c1-9(7-10-8-13-10)12-5-3-11(12,2)4-6-12/h9-10,13H,3-8H2,1-2H3/t9-,10?,11?,12?/m1/s1. The van der Waals surface area contributed by atoms with Crippen molar-refractivity contribution in [2.45, 2.75) is 52.0 Å². The van der Waals surface area contributed by atoms with E-state index in [4.69, 9.17) is 0 Å². The van der Waals surface area contributed by atoms with Crippen LogP contribution in [0.5, 0.6) is 0 Å². The Kier molecular flexibility index (Phi) is 1.47. The third-order valence-electron chi connectivity index (χ3n) is 5.52. The first-order chi connectivity index (χ1) is 6.16. The molecule has 3 aliphatic rings. The lowest BCUT2D eigenvalue weighted by atomic mass is 9.35. The smallest absolute Gasteiger partial charge is 0.0195 e. The Morgan fingerprint density at radius 1 is 1.31 bits per heavy atom. The molecule has 0 radical (unpaired) electrons. The van der Waals surface area contributed by atoms with Crippen molar-refractivity contribution in [3.8, 4) is 0 Å². The van der Waals surface area contributed by atoms with Crippen LogP contribution >= 0.6 is 0 Å². The number of nitrogens with one attached hydrogen (secondary N) is 1. The minimum Gasteiger partial charge on any atom is -0.311 e. The molecule has 13 heavy (non-hydrogen) atoms. The molecule has 0 aromatic rings. The minimum absolute atomic E-state index is 0.765. The summed E-state index contributed by atoms with van der Waals surface area (Å²) in [5.41, 5.74) is 1.55. The summed E-state index contributed by atoms with van der Waals surface area (Å²) in [5, 5.41) is 3.44. The van der Waals surface area contributed by atoms with Gasteiger partial charge in [-0.25, -0.2) is 0 Å². The van der Waals surface area contributed by atoms with E-state index >= 15 is 0 Å². The first kappa shape index (κ1) is 8.28. The molecule has 0 bridgehead atoms. The van der Waals surface area contributed by atoms with Gasteiger partial charge >= 0.3 is 0 Å². The van der Waals surface area contributed by atoms with Gasteiger partial charge in [0, 0.05) is 12.6 Å². The Morgan fingerprint density at radius 3 is 2.23 bits per heavy atom. The summed E-state index contributed by atoms with van der Waals surface area (Å²) >= 11 is 0. The van der Waals surface area contributed by atoms with Gasteiger partial charge in [-0.2, -0.15) is 0 Å². The van der Waals surface area contributed by atoms with Gasteiger partial charge in [-0.1, -0.05) is 13.8 Å². The van der Waals surface area contributed by atoms with Crippen LogP contribution in [-0.4, -0.2) is 12.6 Å². The van der Waals surface area contributed by atoms with Gasteiger partial charge < -0.3 is 5.32 Å². The zero-order chi connectivity index (χ0) is 9.10. The molecule has 74 valence electrons. The van der Waals surface area contributed by atoms with Gasteiger partial charge in [0.15, 0.2) is 0 Å². The highest BCUT2D eigenvalue weighted by molar-refractivity contribution is 5.14. The van der Waals surface area contributed by atoms with E-state index in [0.717, 1.165) is 22.8 Å². The zero-order valence-corrected chi connectivity index (χ0v) is 8.90. The minimum atomic E-state index is 0.765. The van der Waals surface area contributed by atoms with Gasteiger partial charge in [0.1, 0.15) is 0 Å². The molecule has 1 heterocycles. The summed E-state index contributed by atoms with van der Waals surface area (Å²) in [6.07, 6.45) is 7.51. The van der Waals surface area contributed by atoms with Crippen molar-refractivity contribution >= 4 is 0 Å². The van der Waals surface area contributed by atoms with Crippen molar-refractivity contribution < 1.29 is 0 Å². The molecule has 0 aromatic carbocycles. The monoisotopic (exact) mass is 179 g/mol. The molecule has 3 rings (SSSR count). The highest BCUT2D eigenvalue weighted by Crippen LogP contribution is 2.73. The van der Waals surface area contributed by atoms with Crippen LogP contribution in [0.25, 0.3) is 0 Å². The van der Waals surface area contributed by atoms with Gasteiger partial charge in [0.25, 0.3) is 0 Å². The van der Waals surface area contributed by atoms with Gasteiger partial charge in [0.05, 0.1) is 0 Å². The fourth-order valence-corrected chi connectivity index (χ4v) is 3.99. The number of hydrogen-bond donors (Lipinski definition) is 1. The Hall–Kier alpha value is -0.0400. The predicted octanol–water partition coefficient (Wildman–Crippen LogP) is 2.56. The van der Waals surface area contributed by atoms with Crippen molar-refractivity contribution in [2.24, 2.45) is 16.7 Å². The van der Waals surface area contributed by atoms with E-state index in [9.17, 15) is 0 Å². The van der Waals surface area contributed by atoms with Crippen LogP contribution in [0, 0.1) is 16.7 Å². The molecule has 0 spiro atoms. The van der Waals surface area contributed by atoms with E-state index in [0.29, 0.717) is 0 Å². The summed E-state index contributed by atoms with van der Waals surface area (Å²) in [7, 11) is 0. The van der Waals surface area contributed by atoms with Crippen LogP contribution in [0.4, 0.5) is 0 Å². The molecule has 0 amide bonds. The van der Waals surface area contributed by atoms with Gasteiger partial charge in [0.2, 0.25) is 0 Å². The van der Waals surface area contributed by atoms with Crippen molar-refractivity contribution in [3.05, 3.63) is 0 Å².